The van der Waals surface area contributed by atoms with Gasteiger partial charge in [-0.25, -0.2) is 4.79 Å². The smallest absolute Gasteiger partial charge is 0.407 e. The molecule has 1 aliphatic heterocycles. The maximum Gasteiger partial charge on any atom is 0.407 e. The van der Waals surface area contributed by atoms with Gasteiger partial charge in [0.15, 0.2) is 0 Å². The zero-order valence-corrected chi connectivity index (χ0v) is 10.2. The van der Waals surface area contributed by atoms with E-state index in [1.165, 1.54) is 4.90 Å². The molecule has 1 amide bonds. The van der Waals surface area contributed by atoms with Gasteiger partial charge < -0.3 is 20.8 Å². The summed E-state index contributed by atoms with van der Waals surface area (Å²) in [5.41, 5.74) is 6.46. The molecule has 4 N–H and O–H groups in total. The maximum atomic E-state index is 10.8. The van der Waals surface area contributed by atoms with Crippen molar-refractivity contribution in [1.29, 1.82) is 0 Å². The fourth-order valence-corrected chi connectivity index (χ4v) is 2.34. The SMILES string of the molecule is NCc1cccc(C2(O)CCN(C(=O)O)CC2)c1. The number of benzene rings is 1. The molecule has 5 heteroatoms. The molecule has 0 spiro atoms. The minimum absolute atomic E-state index is 0.360. The number of likely N-dealkylation sites (tertiary alicyclic amines) is 1. The lowest BCUT2D eigenvalue weighted by atomic mass is 9.84. The third-order valence-electron chi connectivity index (χ3n) is 3.56. The van der Waals surface area contributed by atoms with Crippen LogP contribution in [0, 0.1) is 0 Å². The van der Waals surface area contributed by atoms with Crippen LogP contribution in [-0.4, -0.2) is 34.3 Å². The van der Waals surface area contributed by atoms with Gasteiger partial charge >= 0.3 is 6.09 Å². The second-order valence-corrected chi connectivity index (χ2v) is 4.71. The van der Waals surface area contributed by atoms with Crippen molar-refractivity contribution >= 4 is 6.09 Å². The van der Waals surface area contributed by atoms with Crippen LogP contribution >= 0.6 is 0 Å². The van der Waals surface area contributed by atoms with Crippen LogP contribution in [0.15, 0.2) is 24.3 Å². The lowest BCUT2D eigenvalue weighted by Crippen LogP contribution is -2.44. The Hall–Kier alpha value is -1.59. The van der Waals surface area contributed by atoms with E-state index in [2.05, 4.69) is 0 Å². The summed E-state index contributed by atoms with van der Waals surface area (Å²) in [5, 5.41) is 19.5. The lowest BCUT2D eigenvalue weighted by molar-refractivity contribution is -0.0213. The third-order valence-corrected chi connectivity index (χ3v) is 3.56. The van der Waals surface area contributed by atoms with Crippen molar-refractivity contribution < 1.29 is 15.0 Å². The maximum absolute atomic E-state index is 10.8. The first kappa shape index (κ1) is 12.9. The van der Waals surface area contributed by atoms with Gasteiger partial charge in [-0.05, 0) is 24.0 Å². The second-order valence-electron chi connectivity index (χ2n) is 4.71. The summed E-state index contributed by atoms with van der Waals surface area (Å²) in [5.74, 6) is 0. The van der Waals surface area contributed by atoms with E-state index in [0.717, 1.165) is 11.1 Å². The average Bonchev–Trinajstić information content (AvgIpc) is 2.39. The third kappa shape index (κ3) is 2.47. The van der Waals surface area contributed by atoms with Crippen LogP contribution in [0.2, 0.25) is 0 Å². The molecule has 1 fully saturated rings. The van der Waals surface area contributed by atoms with Crippen LogP contribution in [0.4, 0.5) is 4.79 Å². The van der Waals surface area contributed by atoms with Crippen LogP contribution < -0.4 is 5.73 Å². The van der Waals surface area contributed by atoms with Crippen molar-refractivity contribution in [2.45, 2.75) is 25.0 Å². The monoisotopic (exact) mass is 250 g/mol. The Balaban J connectivity index is 2.15. The number of aliphatic hydroxyl groups is 1. The minimum Gasteiger partial charge on any atom is -0.465 e. The number of rotatable bonds is 2. The van der Waals surface area contributed by atoms with Crippen LogP contribution in [0.3, 0.4) is 0 Å². The Morgan fingerprint density at radius 3 is 2.61 bits per heavy atom. The molecule has 0 unspecified atom stereocenters. The van der Waals surface area contributed by atoms with Crippen molar-refractivity contribution in [3.05, 3.63) is 35.4 Å². The Kier molecular flexibility index (Phi) is 3.54. The summed E-state index contributed by atoms with van der Waals surface area (Å²) in [7, 11) is 0. The predicted octanol–water partition coefficient (Wildman–Crippen LogP) is 1.11. The van der Waals surface area contributed by atoms with E-state index >= 15 is 0 Å². The summed E-state index contributed by atoms with van der Waals surface area (Å²) in [6.07, 6.45) is -0.0755. The highest BCUT2D eigenvalue weighted by atomic mass is 16.4. The van der Waals surface area contributed by atoms with Crippen LogP contribution in [0.25, 0.3) is 0 Å². The van der Waals surface area contributed by atoms with E-state index in [1.807, 2.05) is 24.3 Å². The van der Waals surface area contributed by atoms with Gasteiger partial charge in [-0.15, -0.1) is 0 Å². The van der Waals surface area contributed by atoms with Gasteiger partial charge in [0.25, 0.3) is 0 Å². The van der Waals surface area contributed by atoms with Gasteiger partial charge in [-0.1, -0.05) is 24.3 Å². The largest absolute Gasteiger partial charge is 0.465 e. The van der Waals surface area contributed by atoms with Crippen LogP contribution in [0.5, 0.6) is 0 Å². The van der Waals surface area contributed by atoms with Crippen LogP contribution in [0.1, 0.15) is 24.0 Å². The molecule has 0 aliphatic carbocycles. The molecule has 0 radical (unpaired) electrons. The normalized spacial score (nSPS) is 18.7. The Bertz CT molecular complexity index is 440. The fourth-order valence-electron chi connectivity index (χ4n) is 2.34. The summed E-state index contributed by atoms with van der Waals surface area (Å²) in [6.45, 7) is 1.16. The summed E-state index contributed by atoms with van der Waals surface area (Å²) >= 11 is 0. The Labute approximate surface area is 106 Å². The zero-order chi connectivity index (χ0) is 13.2. The highest BCUT2D eigenvalue weighted by Crippen LogP contribution is 2.33. The van der Waals surface area contributed by atoms with Gasteiger partial charge in [0.2, 0.25) is 0 Å². The van der Waals surface area contributed by atoms with Gasteiger partial charge in [-0.2, -0.15) is 0 Å². The molecular weight excluding hydrogens is 232 g/mol. The van der Waals surface area contributed by atoms with Gasteiger partial charge in [0.05, 0.1) is 5.60 Å². The number of piperidine rings is 1. The molecule has 1 heterocycles. The highest BCUT2D eigenvalue weighted by Gasteiger charge is 2.35. The molecule has 18 heavy (non-hydrogen) atoms. The van der Waals surface area contributed by atoms with Gasteiger partial charge in [-0.3, -0.25) is 0 Å². The molecule has 1 saturated heterocycles. The summed E-state index contributed by atoms with van der Waals surface area (Å²) < 4.78 is 0. The number of carbonyl (C=O) groups is 1. The summed E-state index contributed by atoms with van der Waals surface area (Å²) in [6, 6.07) is 7.56. The Morgan fingerprint density at radius 1 is 1.39 bits per heavy atom. The standard InChI is InChI=1S/C13H18N2O3/c14-9-10-2-1-3-11(8-10)13(18)4-6-15(7-5-13)12(16)17/h1-3,8,18H,4-7,9,14H2,(H,16,17). The minimum atomic E-state index is -0.933. The van der Waals surface area contributed by atoms with E-state index in [9.17, 15) is 9.90 Å². The molecule has 0 bridgehead atoms. The van der Waals surface area contributed by atoms with Gasteiger partial charge in [0.1, 0.15) is 0 Å². The Morgan fingerprint density at radius 2 is 2.06 bits per heavy atom. The first-order valence-corrected chi connectivity index (χ1v) is 6.05. The molecule has 98 valence electrons. The first-order chi connectivity index (χ1) is 8.55. The molecule has 1 aliphatic rings. The van der Waals surface area contributed by atoms with E-state index in [0.29, 0.717) is 32.5 Å². The van der Waals surface area contributed by atoms with Crippen LogP contribution in [-0.2, 0) is 12.1 Å². The molecule has 1 aromatic carbocycles. The fraction of sp³-hybridized carbons (Fsp3) is 0.462. The number of hydrogen-bond acceptors (Lipinski definition) is 3. The van der Waals surface area contributed by atoms with Gasteiger partial charge in [0, 0.05) is 19.6 Å². The number of carboxylic acid groups (broad SMARTS) is 1. The quantitative estimate of drug-likeness (QED) is 0.733. The number of nitrogens with two attached hydrogens (primary N) is 1. The van der Waals surface area contributed by atoms with E-state index in [1.54, 1.807) is 0 Å². The number of hydrogen-bond donors (Lipinski definition) is 3. The average molecular weight is 250 g/mol. The highest BCUT2D eigenvalue weighted by molar-refractivity contribution is 5.65. The first-order valence-electron chi connectivity index (χ1n) is 6.05. The van der Waals surface area contributed by atoms with Crippen molar-refractivity contribution in [2.75, 3.05) is 13.1 Å². The lowest BCUT2D eigenvalue weighted by Gasteiger charge is -2.37. The van der Waals surface area contributed by atoms with E-state index < -0.39 is 11.7 Å². The van der Waals surface area contributed by atoms with Crippen molar-refractivity contribution in [1.82, 2.24) is 4.90 Å². The van der Waals surface area contributed by atoms with Crippen molar-refractivity contribution in [2.24, 2.45) is 5.73 Å². The molecule has 1 aromatic rings. The molecular formula is C13H18N2O3. The zero-order valence-electron chi connectivity index (χ0n) is 10.2. The summed E-state index contributed by atoms with van der Waals surface area (Å²) in [4.78, 5) is 12.2. The predicted molar refractivity (Wildman–Crippen MR) is 67.1 cm³/mol. The molecule has 2 rings (SSSR count). The molecule has 5 nitrogen and oxygen atoms in total. The van der Waals surface area contributed by atoms with E-state index in [-0.39, 0.29) is 0 Å². The van der Waals surface area contributed by atoms with Crippen molar-refractivity contribution in [3.8, 4) is 0 Å². The number of amides is 1. The molecule has 0 atom stereocenters. The second kappa shape index (κ2) is 4.96. The van der Waals surface area contributed by atoms with E-state index in [4.69, 9.17) is 10.8 Å². The number of nitrogens with zero attached hydrogens (tertiary/aromatic N) is 1. The topological polar surface area (TPSA) is 86.8 Å². The van der Waals surface area contributed by atoms with Crippen molar-refractivity contribution in [3.63, 3.8) is 0 Å². The molecule has 0 saturated carbocycles. The molecule has 0 aromatic heterocycles.